The lowest BCUT2D eigenvalue weighted by Crippen LogP contribution is -2.15. The smallest absolute Gasteiger partial charge is 0.170 e. The Morgan fingerprint density at radius 1 is 1.18 bits per heavy atom. The molecule has 0 spiro atoms. The van der Waals surface area contributed by atoms with Crippen molar-refractivity contribution in [2.45, 2.75) is 0 Å². The Balaban J connectivity index is 1.76. The summed E-state index contributed by atoms with van der Waals surface area (Å²) < 4.78 is 5.45. The highest BCUT2D eigenvalue weighted by Crippen LogP contribution is 2.12. The van der Waals surface area contributed by atoms with E-state index < -0.39 is 0 Å². The van der Waals surface area contributed by atoms with Gasteiger partial charge in [-0.25, -0.2) is 0 Å². The van der Waals surface area contributed by atoms with Gasteiger partial charge in [-0.15, -0.1) is 0 Å². The number of nitrogens with zero attached hydrogens (tertiary/aromatic N) is 2. The van der Waals surface area contributed by atoms with Gasteiger partial charge in [0.25, 0.3) is 0 Å². The summed E-state index contributed by atoms with van der Waals surface area (Å²) >= 11 is 5.87. The van der Waals surface area contributed by atoms with Gasteiger partial charge in [0.1, 0.15) is 12.4 Å². The molecule has 0 heterocycles. The van der Waals surface area contributed by atoms with Gasteiger partial charge in [-0.2, -0.15) is 5.26 Å². The second kappa shape index (κ2) is 7.91. The minimum Gasteiger partial charge on any atom is -0.490 e. The number of amidine groups is 1. The van der Waals surface area contributed by atoms with E-state index in [2.05, 4.69) is 5.16 Å². The van der Waals surface area contributed by atoms with E-state index in [1.165, 1.54) is 0 Å². The van der Waals surface area contributed by atoms with Gasteiger partial charge in [-0.3, -0.25) is 0 Å². The maximum atomic E-state index is 8.69. The van der Waals surface area contributed by atoms with E-state index in [0.29, 0.717) is 28.5 Å². The van der Waals surface area contributed by atoms with Crippen molar-refractivity contribution in [1.29, 1.82) is 5.26 Å². The van der Waals surface area contributed by atoms with Crippen molar-refractivity contribution < 1.29 is 9.57 Å². The zero-order valence-electron chi connectivity index (χ0n) is 11.7. The zero-order valence-corrected chi connectivity index (χ0v) is 12.5. The van der Waals surface area contributed by atoms with E-state index >= 15 is 0 Å². The van der Waals surface area contributed by atoms with E-state index in [1.807, 2.05) is 6.07 Å². The molecule has 0 saturated heterocycles. The maximum Gasteiger partial charge on any atom is 0.170 e. The molecule has 0 aliphatic heterocycles. The summed E-state index contributed by atoms with van der Waals surface area (Å²) in [5.41, 5.74) is 7.06. The van der Waals surface area contributed by atoms with Crippen LogP contribution in [0.5, 0.6) is 5.75 Å². The summed E-state index contributed by atoms with van der Waals surface area (Å²) in [5, 5.41) is 13.1. The molecule has 0 unspecified atom stereocenters. The second-order valence-corrected chi connectivity index (χ2v) is 4.74. The molecule has 0 aliphatic rings. The highest BCUT2D eigenvalue weighted by molar-refractivity contribution is 6.31. The molecule has 2 aromatic carbocycles. The maximum absolute atomic E-state index is 8.69. The quantitative estimate of drug-likeness (QED) is 0.384. The molecule has 22 heavy (non-hydrogen) atoms. The minimum atomic E-state index is 0.251. The Kier molecular flexibility index (Phi) is 5.64. The molecule has 0 aromatic heterocycles. The van der Waals surface area contributed by atoms with Gasteiger partial charge in [0.2, 0.25) is 0 Å². The first-order chi connectivity index (χ1) is 10.7. The molecular formula is C16H14ClN3O2. The van der Waals surface area contributed by atoms with E-state index in [0.717, 1.165) is 0 Å². The van der Waals surface area contributed by atoms with Crippen molar-refractivity contribution in [1.82, 2.24) is 0 Å². The Hall–Kier alpha value is -2.71. The summed E-state index contributed by atoms with van der Waals surface area (Å²) in [4.78, 5) is 5.10. The standard InChI is InChI=1S/C16H14ClN3O2/c17-14-3-1-2-13(10-14)16(19)20-22-9-8-21-15-6-4-12(11-18)5-7-15/h1-7,10H,8-9H2,(H2,19,20). The molecule has 0 amide bonds. The lowest BCUT2D eigenvalue weighted by molar-refractivity contribution is 0.107. The molecule has 0 bridgehead atoms. The molecule has 5 nitrogen and oxygen atoms in total. The molecule has 2 aromatic rings. The van der Waals surface area contributed by atoms with Crippen molar-refractivity contribution in [3.8, 4) is 11.8 Å². The molecule has 0 atom stereocenters. The van der Waals surface area contributed by atoms with Gasteiger partial charge < -0.3 is 15.3 Å². The summed E-state index contributed by atoms with van der Waals surface area (Å²) in [6.45, 7) is 0.569. The predicted molar refractivity (Wildman–Crippen MR) is 84.8 cm³/mol. The molecule has 2 N–H and O–H groups in total. The molecule has 0 fully saturated rings. The Labute approximate surface area is 133 Å². The topological polar surface area (TPSA) is 80.6 Å². The molecule has 2 rings (SSSR count). The van der Waals surface area contributed by atoms with Crippen LogP contribution in [0.3, 0.4) is 0 Å². The Bertz CT molecular complexity index is 693. The minimum absolute atomic E-state index is 0.251. The monoisotopic (exact) mass is 315 g/mol. The van der Waals surface area contributed by atoms with Gasteiger partial charge in [0, 0.05) is 10.6 Å². The van der Waals surface area contributed by atoms with Crippen LogP contribution in [0.15, 0.2) is 53.7 Å². The number of hydrogen-bond acceptors (Lipinski definition) is 4. The normalized spacial score (nSPS) is 10.8. The van der Waals surface area contributed by atoms with E-state index in [-0.39, 0.29) is 12.4 Å². The fourth-order valence-electron chi connectivity index (χ4n) is 1.64. The van der Waals surface area contributed by atoms with Crippen LogP contribution in [0.2, 0.25) is 5.02 Å². The summed E-state index contributed by atoms with van der Waals surface area (Å²) in [6, 6.07) is 15.9. The largest absolute Gasteiger partial charge is 0.490 e. The third kappa shape index (κ3) is 4.69. The summed E-state index contributed by atoms with van der Waals surface area (Å²) in [6.07, 6.45) is 0. The third-order valence-electron chi connectivity index (χ3n) is 2.71. The van der Waals surface area contributed by atoms with E-state index in [9.17, 15) is 0 Å². The highest BCUT2D eigenvalue weighted by atomic mass is 35.5. The number of nitriles is 1. The van der Waals surface area contributed by atoms with Crippen LogP contribution >= 0.6 is 11.6 Å². The lowest BCUT2D eigenvalue weighted by atomic mass is 10.2. The van der Waals surface area contributed by atoms with E-state index in [1.54, 1.807) is 48.5 Å². The number of benzene rings is 2. The van der Waals surface area contributed by atoms with Crippen molar-refractivity contribution >= 4 is 17.4 Å². The second-order valence-electron chi connectivity index (χ2n) is 4.30. The van der Waals surface area contributed by atoms with Gasteiger partial charge in [-0.05, 0) is 36.4 Å². The number of halogens is 1. The van der Waals surface area contributed by atoms with Crippen molar-refractivity contribution in [2.24, 2.45) is 10.9 Å². The Morgan fingerprint density at radius 3 is 2.64 bits per heavy atom. The van der Waals surface area contributed by atoms with Crippen LogP contribution in [-0.2, 0) is 4.84 Å². The van der Waals surface area contributed by atoms with Crippen LogP contribution < -0.4 is 10.5 Å². The van der Waals surface area contributed by atoms with Crippen LogP contribution in [0.1, 0.15) is 11.1 Å². The highest BCUT2D eigenvalue weighted by Gasteiger charge is 2.00. The number of rotatable bonds is 6. The molecule has 112 valence electrons. The van der Waals surface area contributed by atoms with Crippen LogP contribution in [0.25, 0.3) is 0 Å². The van der Waals surface area contributed by atoms with Gasteiger partial charge >= 0.3 is 0 Å². The number of nitrogens with two attached hydrogens (primary N) is 1. The first-order valence-electron chi connectivity index (χ1n) is 6.53. The number of ether oxygens (including phenoxy) is 1. The van der Waals surface area contributed by atoms with Crippen LogP contribution in [0.4, 0.5) is 0 Å². The zero-order chi connectivity index (χ0) is 15.8. The molecule has 0 radical (unpaired) electrons. The van der Waals surface area contributed by atoms with Crippen LogP contribution in [-0.4, -0.2) is 19.0 Å². The average Bonchev–Trinajstić information content (AvgIpc) is 2.55. The van der Waals surface area contributed by atoms with Crippen LogP contribution in [0, 0.1) is 11.3 Å². The molecule has 6 heteroatoms. The summed E-state index contributed by atoms with van der Waals surface area (Å²) in [5.74, 6) is 0.912. The van der Waals surface area contributed by atoms with Gasteiger partial charge in [0.15, 0.2) is 12.4 Å². The number of hydrogen-bond donors (Lipinski definition) is 1. The molecule has 0 aliphatic carbocycles. The SMILES string of the molecule is N#Cc1ccc(OCCO/N=C(/N)c2cccc(Cl)c2)cc1. The number of oxime groups is 1. The first-order valence-corrected chi connectivity index (χ1v) is 6.91. The predicted octanol–water partition coefficient (Wildman–Crippen LogP) is 2.93. The van der Waals surface area contributed by atoms with Crippen molar-refractivity contribution in [3.05, 3.63) is 64.7 Å². The molecular weight excluding hydrogens is 302 g/mol. The lowest BCUT2D eigenvalue weighted by Gasteiger charge is -2.06. The van der Waals surface area contributed by atoms with Gasteiger partial charge in [-0.1, -0.05) is 28.9 Å². The fraction of sp³-hybridized carbons (Fsp3) is 0.125. The van der Waals surface area contributed by atoms with Crippen molar-refractivity contribution in [3.63, 3.8) is 0 Å². The average molecular weight is 316 g/mol. The van der Waals surface area contributed by atoms with Crippen molar-refractivity contribution in [2.75, 3.05) is 13.2 Å². The van der Waals surface area contributed by atoms with Gasteiger partial charge in [0.05, 0.1) is 11.6 Å². The first kappa shape index (κ1) is 15.7. The summed E-state index contributed by atoms with van der Waals surface area (Å²) in [7, 11) is 0. The molecule has 0 saturated carbocycles. The van der Waals surface area contributed by atoms with E-state index in [4.69, 9.17) is 32.2 Å². The Morgan fingerprint density at radius 2 is 1.95 bits per heavy atom. The third-order valence-corrected chi connectivity index (χ3v) is 2.95. The fourth-order valence-corrected chi connectivity index (χ4v) is 1.83.